The Kier molecular flexibility index (Phi) is 14.7. The molecule has 12 rings (SSSR count). The van der Waals surface area contributed by atoms with E-state index in [4.69, 9.17) is 31.4 Å². The second-order valence-corrected chi connectivity index (χ2v) is 20.0. The Labute approximate surface area is 416 Å². The smallest absolute Gasteiger partial charge is 0.161 e. The average Bonchev–Trinajstić information content (AvgIpc) is 4.23. The van der Waals surface area contributed by atoms with Crippen LogP contribution in [0.5, 0.6) is 0 Å². The van der Waals surface area contributed by atoms with Crippen LogP contribution in [0.1, 0.15) is 76.8 Å². The van der Waals surface area contributed by atoms with E-state index in [1.807, 2.05) is 42.1 Å². The van der Waals surface area contributed by atoms with Gasteiger partial charge in [0.15, 0.2) is 23.3 Å². The van der Waals surface area contributed by atoms with Gasteiger partial charge < -0.3 is 31.4 Å². The average molecular weight is 1020 g/mol. The molecule has 2 aromatic heterocycles. The van der Waals surface area contributed by atoms with Gasteiger partial charge in [0, 0.05) is 136 Å². The van der Waals surface area contributed by atoms with Gasteiger partial charge in [0.25, 0.3) is 0 Å². The van der Waals surface area contributed by atoms with Crippen LogP contribution < -0.4 is 17.2 Å². The van der Waals surface area contributed by atoms with Crippen LogP contribution in [0.15, 0.2) is 71.0 Å². The predicted molar refractivity (Wildman–Crippen MR) is 251 cm³/mol. The van der Waals surface area contributed by atoms with E-state index < -0.39 is 76.9 Å². The molecule has 0 spiro atoms. The highest BCUT2D eigenvalue weighted by atomic mass is 19.2. The molecule has 14 nitrogen and oxygen atoms in total. The molecular weight excluding hydrogens is 967 g/mol. The van der Waals surface area contributed by atoms with Crippen LogP contribution in [-0.4, -0.2) is 116 Å². The summed E-state index contributed by atoms with van der Waals surface area (Å²) in [6.45, 7) is 6.83. The minimum Gasteiger partial charge on any atom is -0.370 e. The van der Waals surface area contributed by atoms with E-state index >= 15 is 0 Å². The number of hydrogen-bond acceptors (Lipinski definition) is 12. The molecule has 3 aromatic carbocycles. The number of aromatic nitrogens is 4. The quantitative estimate of drug-likeness (QED) is 0.138. The van der Waals surface area contributed by atoms with E-state index in [1.165, 1.54) is 39.7 Å². The van der Waals surface area contributed by atoms with E-state index in [2.05, 4.69) is 29.9 Å². The molecule has 7 aliphatic rings. The Bertz CT molecular complexity index is 2780. The molecule has 0 aliphatic carbocycles. The largest absolute Gasteiger partial charge is 0.370 e. The fourth-order valence-electron chi connectivity index (χ4n) is 11.2. The normalized spacial score (nSPS) is 28.2. The second kappa shape index (κ2) is 21.1. The maximum atomic E-state index is 14.0. The van der Waals surface area contributed by atoms with Crippen LogP contribution in [0.2, 0.25) is 0 Å². The van der Waals surface area contributed by atoms with Crippen molar-refractivity contribution in [2.75, 3.05) is 39.5 Å². The Morgan fingerprint density at radius 2 is 0.918 bits per heavy atom. The first-order chi connectivity index (χ1) is 35.0. The first-order valence-electron chi connectivity index (χ1n) is 24.3. The van der Waals surface area contributed by atoms with E-state index in [-0.39, 0.29) is 40.9 Å². The van der Waals surface area contributed by atoms with Gasteiger partial charge in [-0.15, -0.1) is 0 Å². The van der Waals surface area contributed by atoms with Crippen molar-refractivity contribution in [1.29, 1.82) is 0 Å². The molecule has 3 unspecified atom stereocenters. The lowest BCUT2D eigenvalue weighted by Crippen LogP contribution is -2.49. The van der Waals surface area contributed by atoms with Gasteiger partial charge in [0.1, 0.15) is 41.6 Å². The van der Waals surface area contributed by atoms with Crippen molar-refractivity contribution >= 4 is 6.21 Å². The standard InChI is InChI=1S/2C17H19F3N4O.C17H19F2N3O/c2*1-23-16-7-24(6-9(16)5-22-23)10-2-15(21)17(25-8-10)11-3-13(19)14(20)4-12(11)18;18-12-1-2-15(19)14(3-12)17-16(20)4-13(9-23-17)22-7-10-5-21-6-11(10)8-22/h2*3-5,10,15,17H,2,6-8,21H2,1H3;1-3,5,13,16-17H,4,6-9,20H2/t10-,15+,17?;10-,15-,17?;13-,16+,17?/m101/s1. The molecule has 9 atom stereocenters. The molecule has 390 valence electrons. The summed E-state index contributed by atoms with van der Waals surface area (Å²) in [6.07, 6.45) is 5.40. The Balaban J connectivity index is 0.000000126. The second-order valence-electron chi connectivity index (χ2n) is 20.0. The molecule has 9 heterocycles. The zero-order valence-corrected chi connectivity index (χ0v) is 40.2. The molecule has 3 fully saturated rings. The zero-order valence-electron chi connectivity index (χ0n) is 40.2. The van der Waals surface area contributed by atoms with E-state index in [1.54, 1.807) is 0 Å². The fourth-order valence-corrected chi connectivity index (χ4v) is 11.2. The van der Waals surface area contributed by atoms with Crippen molar-refractivity contribution in [3.8, 4) is 0 Å². The minimum atomic E-state index is -1.22. The van der Waals surface area contributed by atoms with Crippen LogP contribution in [-0.2, 0) is 54.5 Å². The third-order valence-electron chi connectivity index (χ3n) is 15.2. The number of halogens is 8. The highest BCUT2D eigenvalue weighted by Crippen LogP contribution is 2.38. The zero-order chi connectivity index (χ0) is 51.4. The summed E-state index contributed by atoms with van der Waals surface area (Å²) in [4.78, 5) is 11.1. The number of rotatable bonds is 6. The lowest BCUT2D eigenvalue weighted by atomic mass is 9.93. The Morgan fingerprint density at radius 3 is 1.34 bits per heavy atom. The molecule has 7 aliphatic heterocycles. The molecule has 0 amide bonds. The summed E-state index contributed by atoms with van der Waals surface area (Å²) >= 11 is 0. The summed E-state index contributed by atoms with van der Waals surface area (Å²) in [6, 6.07) is 5.21. The third-order valence-corrected chi connectivity index (χ3v) is 15.2. The summed E-state index contributed by atoms with van der Waals surface area (Å²) < 4.78 is 130. The van der Waals surface area contributed by atoms with Crippen LogP contribution in [0.4, 0.5) is 35.1 Å². The molecule has 73 heavy (non-hydrogen) atoms. The summed E-state index contributed by atoms with van der Waals surface area (Å²) in [5.41, 5.74) is 26.1. The highest BCUT2D eigenvalue weighted by Gasteiger charge is 2.40. The third kappa shape index (κ3) is 10.5. The lowest BCUT2D eigenvalue weighted by Gasteiger charge is -2.39. The van der Waals surface area contributed by atoms with Gasteiger partial charge >= 0.3 is 0 Å². The number of aliphatic imine (C=N–C) groups is 1. The van der Waals surface area contributed by atoms with E-state index in [9.17, 15) is 35.1 Å². The first kappa shape index (κ1) is 51.1. The minimum absolute atomic E-state index is 0.0289. The van der Waals surface area contributed by atoms with Crippen molar-refractivity contribution in [3.05, 3.63) is 152 Å². The molecule has 6 N–H and O–H groups in total. The summed E-state index contributed by atoms with van der Waals surface area (Å²) in [5, 5.41) is 8.47. The van der Waals surface area contributed by atoms with Gasteiger partial charge in [0.2, 0.25) is 0 Å². The highest BCUT2D eigenvalue weighted by molar-refractivity contribution is 5.84. The molecule has 3 saturated heterocycles. The lowest BCUT2D eigenvalue weighted by molar-refractivity contribution is -0.0535. The molecule has 0 radical (unpaired) electrons. The number of hydrogen-bond donors (Lipinski definition) is 3. The van der Waals surface area contributed by atoms with Crippen LogP contribution >= 0.6 is 0 Å². The van der Waals surface area contributed by atoms with Gasteiger partial charge in [0.05, 0.1) is 50.1 Å². The maximum absolute atomic E-state index is 14.0. The van der Waals surface area contributed by atoms with Crippen LogP contribution in [0.25, 0.3) is 0 Å². The van der Waals surface area contributed by atoms with Crippen molar-refractivity contribution in [3.63, 3.8) is 0 Å². The van der Waals surface area contributed by atoms with Crippen LogP contribution in [0.3, 0.4) is 0 Å². The number of benzene rings is 3. The van der Waals surface area contributed by atoms with Crippen molar-refractivity contribution in [2.45, 2.75) is 100 Å². The van der Waals surface area contributed by atoms with Crippen molar-refractivity contribution in [1.82, 2.24) is 34.3 Å². The number of fused-ring (bicyclic) bond motifs is 2. The number of ether oxygens (including phenoxy) is 3. The number of aryl methyl sites for hydroxylation is 2. The van der Waals surface area contributed by atoms with Gasteiger partial charge in [-0.25, -0.2) is 35.1 Å². The Hall–Kier alpha value is -5.43. The van der Waals surface area contributed by atoms with Gasteiger partial charge in [-0.05, 0) is 60.7 Å². The number of nitrogens with two attached hydrogens (primary N) is 3. The Morgan fingerprint density at radius 1 is 0.493 bits per heavy atom. The summed E-state index contributed by atoms with van der Waals surface area (Å²) in [7, 11) is 3.82. The van der Waals surface area contributed by atoms with Crippen molar-refractivity contribution in [2.24, 2.45) is 36.3 Å². The van der Waals surface area contributed by atoms with E-state index in [0.29, 0.717) is 51.2 Å². The van der Waals surface area contributed by atoms with Crippen molar-refractivity contribution < 1.29 is 49.3 Å². The van der Waals surface area contributed by atoms with Gasteiger partial charge in [-0.2, -0.15) is 10.2 Å². The predicted octanol–water partition coefficient (Wildman–Crippen LogP) is 5.84. The molecule has 0 saturated carbocycles. The number of nitrogens with zero attached hydrogens (tertiary/aromatic N) is 8. The molecule has 0 bridgehead atoms. The van der Waals surface area contributed by atoms with E-state index in [0.717, 1.165) is 70.1 Å². The van der Waals surface area contributed by atoms with Gasteiger partial charge in [-0.3, -0.25) is 29.1 Å². The van der Waals surface area contributed by atoms with Gasteiger partial charge in [-0.1, -0.05) is 0 Å². The monoisotopic (exact) mass is 1020 g/mol. The molecule has 5 aromatic rings. The SMILES string of the molecule is Cn1ncc2c1CN([C@@H]1COC(c3cc(F)c(F)cc3F)[C@@H](N)C1)C2.Cn1ncc2c1CN([C@H]1COC(c3cc(F)c(F)cc3F)[C@@H](N)C1)C2.N[C@H]1C[C@@H](N2CC3=C(CN=C3)C2)COC1c1cc(F)ccc1F. The molecular formula is C51H57F8N11O3. The summed E-state index contributed by atoms with van der Waals surface area (Å²) in [5.74, 6) is -7.25. The topological polar surface area (TPSA) is 163 Å². The fraction of sp³-hybridized carbons (Fsp3) is 0.471. The molecule has 22 heteroatoms. The van der Waals surface area contributed by atoms with Crippen LogP contribution in [0, 0.1) is 46.5 Å². The maximum Gasteiger partial charge on any atom is 0.161 e. The first-order valence-corrected chi connectivity index (χ1v) is 24.3.